The summed E-state index contributed by atoms with van der Waals surface area (Å²) in [6.07, 6.45) is 0. The SMILES string of the molecule is CC(C)c1c(N)cccc1Nc1ccccc1. The normalized spacial score (nSPS) is 10.5. The quantitative estimate of drug-likeness (QED) is 0.772. The van der Waals surface area contributed by atoms with Gasteiger partial charge in [0.05, 0.1) is 0 Å². The summed E-state index contributed by atoms with van der Waals surface area (Å²) in [4.78, 5) is 0. The van der Waals surface area contributed by atoms with Gasteiger partial charge in [0.1, 0.15) is 0 Å². The molecule has 0 saturated heterocycles. The first kappa shape index (κ1) is 11.5. The minimum atomic E-state index is 0.405. The zero-order chi connectivity index (χ0) is 12.3. The van der Waals surface area contributed by atoms with Crippen molar-refractivity contribution < 1.29 is 0 Å². The summed E-state index contributed by atoms with van der Waals surface area (Å²) in [6, 6.07) is 16.1. The molecule has 0 aliphatic rings. The lowest BCUT2D eigenvalue weighted by Crippen LogP contribution is -2.02. The third-order valence-corrected chi connectivity index (χ3v) is 2.77. The monoisotopic (exact) mass is 226 g/mol. The maximum Gasteiger partial charge on any atom is 0.0440 e. The lowest BCUT2D eigenvalue weighted by atomic mass is 9.99. The Hall–Kier alpha value is -1.96. The number of para-hydroxylation sites is 1. The van der Waals surface area contributed by atoms with Gasteiger partial charge in [0.15, 0.2) is 0 Å². The van der Waals surface area contributed by atoms with Crippen molar-refractivity contribution in [2.24, 2.45) is 0 Å². The summed E-state index contributed by atoms with van der Waals surface area (Å²) in [6.45, 7) is 4.31. The molecule has 0 heterocycles. The van der Waals surface area contributed by atoms with Crippen LogP contribution in [0, 0.1) is 0 Å². The molecule has 0 amide bonds. The fourth-order valence-electron chi connectivity index (χ4n) is 2.01. The first-order valence-electron chi connectivity index (χ1n) is 5.89. The number of benzene rings is 2. The summed E-state index contributed by atoms with van der Waals surface area (Å²) in [7, 11) is 0. The molecule has 2 nitrogen and oxygen atoms in total. The highest BCUT2D eigenvalue weighted by Gasteiger charge is 2.09. The number of hydrogen-bond acceptors (Lipinski definition) is 2. The van der Waals surface area contributed by atoms with Gasteiger partial charge in [-0.05, 0) is 30.2 Å². The molecule has 0 unspecified atom stereocenters. The summed E-state index contributed by atoms with van der Waals surface area (Å²) in [5.41, 5.74) is 10.2. The van der Waals surface area contributed by atoms with Crippen molar-refractivity contribution in [3.8, 4) is 0 Å². The van der Waals surface area contributed by atoms with E-state index >= 15 is 0 Å². The van der Waals surface area contributed by atoms with Gasteiger partial charge >= 0.3 is 0 Å². The van der Waals surface area contributed by atoms with E-state index in [2.05, 4.69) is 25.2 Å². The molecule has 2 aromatic carbocycles. The lowest BCUT2D eigenvalue weighted by molar-refractivity contribution is 0.872. The predicted molar refractivity (Wildman–Crippen MR) is 74.7 cm³/mol. The molecule has 0 fully saturated rings. The van der Waals surface area contributed by atoms with E-state index < -0.39 is 0 Å². The van der Waals surface area contributed by atoms with E-state index in [9.17, 15) is 0 Å². The van der Waals surface area contributed by atoms with Crippen molar-refractivity contribution >= 4 is 17.1 Å². The molecule has 17 heavy (non-hydrogen) atoms. The van der Waals surface area contributed by atoms with Gasteiger partial charge < -0.3 is 11.1 Å². The maximum atomic E-state index is 6.04. The number of hydrogen-bond donors (Lipinski definition) is 2. The molecule has 0 aliphatic heterocycles. The maximum absolute atomic E-state index is 6.04. The van der Waals surface area contributed by atoms with Crippen LogP contribution in [-0.4, -0.2) is 0 Å². The van der Waals surface area contributed by atoms with Crippen molar-refractivity contribution in [2.45, 2.75) is 19.8 Å². The van der Waals surface area contributed by atoms with E-state index in [1.807, 2.05) is 42.5 Å². The molecule has 2 heteroatoms. The van der Waals surface area contributed by atoms with E-state index in [4.69, 9.17) is 5.73 Å². The Balaban J connectivity index is 2.36. The summed E-state index contributed by atoms with van der Waals surface area (Å²) >= 11 is 0. The van der Waals surface area contributed by atoms with Gasteiger partial charge in [0.25, 0.3) is 0 Å². The van der Waals surface area contributed by atoms with Gasteiger partial charge in [-0.15, -0.1) is 0 Å². The number of anilines is 3. The molecule has 0 spiro atoms. The van der Waals surface area contributed by atoms with Crippen molar-refractivity contribution in [3.63, 3.8) is 0 Å². The molecule has 0 atom stereocenters. The van der Waals surface area contributed by atoms with E-state index in [1.165, 1.54) is 5.56 Å². The molecular formula is C15H18N2. The van der Waals surface area contributed by atoms with E-state index in [1.54, 1.807) is 0 Å². The Kier molecular flexibility index (Phi) is 3.33. The van der Waals surface area contributed by atoms with Gasteiger partial charge in [-0.3, -0.25) is 0 Å². The lowest BCUT2D eigenvalue weighted by Gasteiger charge is -2.16. The first-order chi connectivity index (χ1) is 8.18. The van der Waals surface area contributed by atoms with Crippen LogP contribution in [0.2, 0.25) is 0 Å². The minimum absolute atomic E-state index is 0.405. The molecule has 3 N–H and O–H groups in total. The fraction of sp³-hybridized carbons (Fsp3) is 0.200. The van der Waals surface area contributed by atoms with Crippen LogP contribution in [0.25, 0.3) is 0 Å². The molecule has 2 rings (SSSR count). The summed E-state index contributed by atoms with van der Waals surface area (Å²) < 4.78 is 0. The van der Waals surface area contributed by atoms with Crippen molar-refractivity contribution in [2.75, 3.05) is 11.1 Å². The fourth-order valence-corrected chi connectivity index (χ4v) is 2.01. The average Bonchev–Trinajstić information content (AvgIpc) is 2.30. The Morgan fingerprint density at radius 2 is 1.65 bits per heavy atom. The second kappa shape index (κ2) is 4.91. The highest BCUT2D eigenvalue weighted by atomic mass is 14.9. The van der Waals surface area contributed by atoms with Gasteiger partial charge in [0, 0.05) is 22.6 Å². The summed E-state index contributed by atoms with van der Waals surface area (Å²) in [5, 5.41) is 3.41. The Morgan fingerprint density at radius 3 is 2.29 bits per heavy atom. The Bertz CT molecular complexity index is 490. The number of nitrogens with two attached hydrogens (primary N) is 1. The van der Waals surface area contributed by atoms with Crippen LogP contribution in [0.15, 0.2) is 48.5 Å². The molecule has 2 aromatic rings. The van der Waals surface area contributed by atoms with Crippen LogP contribution in [0.3, 0.4) is 0 Å². The van der Waals surface area contributed by atoms with Crippen molar-refractivity contribution in [3.05, 3.63) is 54.1 Å². The standard InChI is InChI=1S/C15H18N2/c1-11(2)15-13(16)9-6-10-14(15)17-12-7-4-3-5-8-12/h3-11,17H,16H2,1-2H3. The molecular weight excluding hydrogens is 208 g/mol. The number of nitrogens with one attached hydrogen (secondary N) is 1. The third kappa shape index (κ3) is 2.59. The zero-order valence-corrected chi connectivity index (χ0v) is 10.3. The highest BCUT2D eigenvalue weighted by molar-refractivity contribution is 5.70. The molecule has 88 valence electrons. The van der Waals surface area contributed by atoms with Gasteiger partial charge in [-0.25, -0.2) is 0 Å². The minimum Gasteiger partial charge on any atom is -0.398 e. The average molecular weight is 226 g/mol. The largest absolute Gasteiger partial charge is 0.398 e. The van der Waals surface area contributed by atoms with Gasteiger partial charge in [-0.1, -0.05) is 38.1 Å². The van der Waals surface area contributed by atoms with Crippen molar-refractivity contribution in [1.82, 2.24) is 0 Å². The molecule has 0 bridgehead atoms. The number of rotatable bonds is 3. The number of nitrogen functional groups attached to an aromatic ring is 1. The second-order valence-electron chi connectivity index (χ2n) is 4.45. The predicted octanol–water partition coefficient (Wildman–Crippen LogP) is 4.14. The second-order valence-corrected chi connectivity index (χ2v) is 4.45. The topological polar surface area (TPSA) is 38.0 Å². The van der Waals surface area contributed by atoms with E-state index in [0.29, 0.717) is 5.92 Å². The van der Waals surface area contributed by atoms with E-state index in [-0.39, 0.29) is 0 Å². The highest BCUT2D eigenvalue weighted by Crippen LogP contribution is 2.31. The van der Waals surface area contributed by atoms with Crippen molar-refractivity contribution in [1.29, 1.82) is 0 Å². The van der Waals surface area contributed by atoms with Crippen LogP contribution in [-0.2, 0) is 0 Å². The van der Waals surface area contributed by atoms with Gasteiger partial charge in [0.2, 0.25) is 0 Å². The van der Waals surface area contributed by atoms with Crippen LogP contribution >= 0.6 is 0 Å². The molecule has 0 saturated carbocycles. The third-order valence-electron chi connectivity index (χ3n) is 2.77. The first-order valence-corrected chi connectivity index (χ1v) is 5.89. The van der Waals surface area contributed by atoms with Crippen LogP contribution in [0.1, 0.15) is 25.3 Å². The van der Waals surface area contributed by atoms with E-state index in [0.717, 1.165) is 17.1 Å². The Labute approximate surface area is 102 Å². The zero-order valence-electron chi connectivity index (χ0n) is 10.3. The molecule has 0 aliphatic carbocycles. The molecule has 0 aromatic heterocycles. The van der Waals surface area contributed by atoms with Gasteiger partial charge in [-0.2, -0.15) is 0 Å². The van der Waals surface area contributed by atoms with Crippen LogP contribution in [0.4, 0.5) is 17.1 Å². The summed E-state index contributed by atoms with van der Waals surface area (Å²) in [5.74, 6) is 0.405. The Morgan fingerprint density at radius 1 is 0.941 bits per heavy atom. The molecule has 0 radical (unpaired) electrons. The smallest absolute Gasteiger partial charge is 0.0440 e. The van der Waals surface area contributed by atoms with Crippen LogP contribution in [0.5, 0.6) is 0 Å². The van der Waals surface area contributed by atoms with Crippen LogP contribution < -0.4 is 11.1 Å².